The average Bonchev–Trinajstić information content (AvgIpc) is 2.83. The first-order chi connectivity index (χ1) is 8.24. The van der Waals surface area contributed by atoms with Crippen LogP contribution in [-0.2, 0) is 13.0 Å². The van der Waals surface area contributed by atoms with E-state index in [1.807, 2.05) is 24.4 Å². The molecule has 0 radical (unpaired) electrons. The largest absolute Gasteiger partial charge is 0.364 e. The zero-order valence-electron chi connectivity index (χ0n) is 9.91. The Bertz CT molecular complexity index is 434. The van der Waals surface area contributed by atoms with E-state index < -0.39 is 0 Å². The first kappa shape index (κ1) is 11.9. The Hall–Kier alpha value is -1.61. The summed E-state index contributed by atoms with van der Waals surface area (Å²) in [4.78, 5) is 3.15. The molecule has 90 valence electrons. The summed E-state index contributed by atoms with van der Waals surface area (Å²) in [5, 5.41) is 3.42. The molecule has 2 rings (SSSR count). The summed E-state index contributed by atoms with van der Waals surface area (Å²) in [5.74, 6) is -0.180. The zero-order chi connectivity index (χ0) is 12.1. The number of H-pyrrole nitrogens is 1. The predicted molar refractivity (Wildman–Crippen MR) is 67.2 cm³/mol. The molecule has 0 aliphatic rings. The van der Waals surface area contributed by atoms with Gasteiger partial charge in [-0.15, -0.1) is 0 Å². The Balaban J connectivity index is 1.80. The Morgan fingerprint density at radius 3 is 2.65 bits per heavy atom. The minimum Gasteiger partial charge on any atom is -0.364 e. The van der Waals surface area contributed by atoms with Crippen LogP contribution >= 0.6 is 0 Å². The zero-order valence-corrected chi connectivity index (χ0v) is 9.91. The van der Waals surface area contributed by atoms with E-state index in [1.165, 1.54) is 17.8 Å². The molecule has 0 aliphatic carbocycles. The lowest BCUT2D eigenvalue weighted by molar-refractivity contribution is 0.540. The highest BCUT2D eigenvalue weighted by atomic mass is 19.1. The number of aromatic nitrogens is 1. The number of hydrogen-bond acceptors (Lipinski definition) is 1. The van der Waals surface area contributed by atoms with E-state index in [9.17, 15) is 4.39 Å². The molecule has 0 saturated heterocycles. The lowest BCUT2D eigenvalue weighted by atomic mass is 10.1. The van der Waals surface area contributed by atoms with Gasteiger partial charge in [-0.1, -0.05) is 12.1 Å². The van der Waals surface area contributed by atoms with Crippen molar-refractivity contribution in [1.82, 2.24) is 10.3 Å². The lowest BCUT2D eigenvalue weighted by Gasteiger charge is -2.13. The fraction of sp³-hybridized carbons (Fsp3) is 0.286. The van der Waals surface area contributed by atoms with Crippen LogP contribution < -0.4 is 5.32 Å². The van der Waals surface area contributed by atoms with Crippen LogP contribution in [0.1, 0.15) is 18.2 Å². The summed E-state index contributed by atoms with van der Waals surface area (Å²) in [6.07, 6.45) is 2.82. The van der Waals surface area contributed by atoms with Gasteiger partial charge in [-0.25, -0.2) is 4.39 Å². The monoisotopic (exact) mass is 232 g/mol. The van der Waals surface area contributed by atoms with E-state index >= 15 is 0 Å². The second-order valence-electron chi connectivity index (χ2n) is 4.31. The van der Waals surface area contributed by atoms with E-state index in [4.69, 9.17) is 0 Å². The third-order valence-corrected chi connectivity index (χ3v) is 2.76. The average molecular weight is 232 g/mol. The topological polar surface area (TPSA) is 27.8 Å². The van der Waals surface area contributed by atoms with E-state index in [-0.39, 0.29) is 5.82 Å². The van der Waals surface area contributed by atoms with Gasteiger partial charge in [-0.2, -0.15) is 0 Å². The molecule has 2 aromatic rings. The Morgan fingerprint density at radius 2 is 2.00 bits per heavy atom. The molecule has 0 aliphatic heterocycles. The number of halogens is 1. The quantitative estimate of drug-likeness (QED) is 0.815. The van der Waals surface area contributed by atoms with Crippen LogP contribution in [0.3, 0.4) is 0 Å². The predicted octanol–water partition coefficient (Wildman–Crippen LogP) is 2.87. The second-order valence-corrected chi connectivity index (χ2v) is 4.31. The highest BCUT2D eigenvalue weighted by Gasteiger charge is 2.03. The molecule has 1 heterocycles. The molecule has 17 heavy (non-hydrogen) atoms. The SMILES string of the molecule is CC(Cc1ccc(F)cc1)NCc1ccc[nH]1. The van der Waals surface area contributed by atoms with Gasteiger partial charge in [0.05, 0.1) is 0 Å². The summed E-state index contributed by atoms with van der Waals surface area (Å²) in [6.45, 7) is 2.96. The van der Waals surface area contributed by atoms with Crippen molar-refractivity contribution in [2.24, 2.45) is 0 Å². The molecule has 2 N–H and O–H groups in total. The van der Waals surface area contributed by atoms with E-state index in [1.54, 1.807) is 0 Å². The fourth-order valence-corrected chi connectivity index (χ4v) is 1.81. The summed E-state index contributed by atoms with van der Waals surface area (Å²) in [5.41, 5.74) is 2.33. The molecule has 3 heteroatoms. The number of nitrogens with one attached hydrogen (secondary N) is 2. The first-order valence-electron chi connectivity index (χ1n) is 5.84. The summed E-state index contributed by atoms with van der Waals surface area (Å²) in [6, 6.07) is 11.1. The molecule has 1 unspecified atom stereocenters. The van der Waals surface area contributed by atoms with Gasteiger partial charge in [0, 0.05) is 24.5 Å². The van der Waals surface area contributed by atoms with Crippen molar-refractivity contribution >= 4 is 0 Å². The summed E-state index contributed by atoms with van der Waals surface area (Å²) < 4.78 is 12.7. The lowest BCUT2D eigenvalue weighted by Crippen LogP contribution is -2.27. The minimum atomic E-state index is -0.180. The van der Waals surface area contributed by atoms with Crippen molar-refractivity contribution in [3.05, 3.63) is 59.7 Å². The number of aromatic amines is 1. The van der Waals surface area contributed by atoms with Gasteiger partial charge < -0.3 is 10.3 Å². The number of rotatable bonds is 5. The molecule has 1 atom stereocenters. The van der Waals surface area contributed by atoms with Crippen molar-refractivity contribution in [1.29, 1.82) is 0 Å². The summed E-state index contributed by atoms with van der Waals surface area (Å²) in [7, 11) is 0. The number of hydrogen-bond donors (Lipinski definition) is 2. The molecule has 0 fully saturated rings. The van der Waals surface area contributed by atoms with Crippen LogP contribution in [0.2, 0.25) is 0 Å². The van der Waals surface area contributed by atoms with E-state index in [0.29, 0.717) is 6.04 Å². The molecule has 0 spiro atoms. The third-order valence-electron chi connectivity index (χ3n) is 2.76. The van der Waals surface area contributed by atoms with Crippen LogP contribution in [0.25, 0.3) is 0 Å². The molecular weight excluding hydrogens is 215 g/mol. The van der Waals surface area contributed by atoms with Gasteiger partial charge >= 0.3 is 0 Å². The third kappa shape index (κ3) is 3.71. The Kier molecular flexibility index (Phi) is 3.94. The van der Waals surface area contributed by atoms with Crippen molar-refractivity contribution in [2.45, 2.75) is 25.9 Å². The van der Waals surface area contributed by atoms with Crippen LogP contribution in [0, 0.1) is 5.82 Å². The van der Waals surface area contributed by atoms with Crippen molar-refractivity contribution < 1.29 is 4.39 Å². The normalized spacial score (nSPS) is 12.6. The number of benzene rings is 1. The second kappa shape index (κ2) is 5.64. The molecule has 1 aromatic heterocycles. The highest BCUT2D eigenvalue weighted by Crippen LogP contribution is 2.06. The van der Waals surface area contributed by atoms with E-state index in [0.717, 1.165) is 18.5 Å². The molecule has 2 nitrogen and oxygen atoms in total. The van der Waals surface area contributed by atoms with E-state index in [2.05, 4.69) is 23.3 Å². The van der Waals surface area contributed by atoms with Crippen LogP contribution in [-0.4, -0.2) is 11.0 Å². The maximum atomic E-state index is 12.7. The van der Waals surface area contributed by atoms with Gasteiger partial charge in [-0.3, -0.25) is 0 Å². The Morgan fingerprint density at radius 1 is 1.24 bits per heavy atom. The van der Waals surface area contributed by atoms with Crippen LogP contribution in [0.15, 0.2) is 42.6 Å². The molecule has 0 amide bonds. The van der Waals surface area contributed by atoms with Crippen molar-refractivity contribution in [3.63, 3.8) is 0 Å². The van der Waals surface area contributed by atoms with Crippen molar-refractivity contribution in [2.75, 3.05) is 0 Å². The van der Waals surface area contributed by atoms with Gasteiger partial charge in [-0.05, 0) is 43.2 Å². The molecule has 1 aromatic carbocycles. The van der Waals surface area contributed by atoms with Gasteiger partial charge in [0.2, 0.25) is 0 Å². The molecule has 0 bridgehead atoms. The van der Waals surface area contributed by atoms with Crippen LogP contribution in [0.5, 0.6) is 0 Å². The summed E-state index contributed by atoms with van der Waals surface area (Å²) >= 11 is 0. The molecule has 0 saturated carbocycles. The maximum absolute atomic E-state index is 12.7. The first-order valence-corrected chi connectivity index (χ1v) is 5.84. The Labute approximate surface area is 101 Å². The standard InChI is InChI=1S/C14H17FN2/c1-11(17-10-14-3-2-8-16-14)9-12-4-6-13(15)7-5-12/h2-8,11,16-17H,9-10H2,1H3. The van der Waals surface area contributed by atoms with Gasteiger partial charge in [0.25, 0.3) is 0 Å². The maximum Gasteiger partial charge on any atom is 0.123 e. The van der Waals surface area contributed by atoms with Crippen LogP contribution in [0.4, 0.5) is 4.39 Å². The smallest absolute Gasteiger partial charge is 0.123 e. The minimum absolute atomic E-state index is 0.180. The van der Waals surface area contributed by atoms with Gasteiger partial charge in [0.15, 0.2) is 0 Å². The molecular formula is C14H17FN2. The van der Waals surface area contributed by atoms with Gasteiger partial charge in [0.1, 0.15) is 5.82 Å². The van der Waals surface area contributed by atoms with Crippen molar-refractivity contribution in [3.8, 4) is 0 Å². The fourth-order valence-electron chi connectivity index (χ4n) is 1.81. The highest BCUT2D eigenvalue weighted by molar-refractivity contribution is 5.17.